The summed E-state index contributed by atoms with van der Waals surface area (Å²) in [6, 6.07) is 3.56. The first-order valence-electron chi connectivity index (χ1n) is 4.62. The van der Waals surface area contributed by atoms with E-state index in [9.17, 15) is 5.11 Å². The summed E-state index contributed by atoms with van der Waals surface area (Å²) >= 11 is 6.71. The summed E-state index contributed by atoms with van der Waals surface area (Å²) in [5.41, 5.74) is 5.28. The quantitative estimate of drug-likeness (QED) is 0.847. The maximum atomic E-state index is 9.28. The highest BCUT2D eigenvalue weighted by molar-refractivity contribution is 9.11. The Labute approximate surface area is 111 Å². The molecule has 0 aliphatic carbocycles. The molecule has 0 radical (unpaired) electrons. The largest absolute Gasteiger partial charge is 0.496 e. The number of methoxy groups -OCH3 is 1. The van der Waals surface area contributed by atoms with Gasteiger partial charge in [-0.1, -0.05) is 0 Å². The van der Waals surface area contributed by atoms with Gasteiger partial charge in [-0.2, -0.15) is 0 Å². The number of hydrogen-bond acceptors (Lipinski definition) is 4. The van der Waals surface area contributed by atoms with Crippen molar-refractivity contribution in [2.45, 2.75) is 6.10 Å². The lowest BCUT2D eigenvalue weighted by Gasteiger charge is -2.13. The Bertz CT molecular complexity index is 360. The second kappa shape index (κ2) is 6.44. The Morgan fingerprint density at radius 3 is 2.44 bits per heavy atom. The van der Waals surface area contributed by atoms with Crippen molar-refractivity contribution in [3.8, 4) is 11.5 Å². The summed E-state index contributed by atoms with van der Waals surface area (Å²) in [7, 11) is 1.59. The molecule has 0 saturated carbocycles. The molecule has 0 fully saturated rings. The topological polar surface area (TPSA) is 64.7 Å². The van der Waals surface area contributed by atoms with Crippen molar-refractivity contribution in [2.24, 2.45) is 5.73 Å². The van der Waals surface area contributed by atoms with Gasteiger partial charge < -0.3 is 20.3 Å². The molecule has 1 aromatic rings. The third-order valence-corrected chi connectivity index (χ3v) is 3.15. The van der Waals surface area contributed by atoms with Gasteiger partial charge in [0.25, 0.3) is 0 Å². The molecule has 0 spiro atoms. The van der Waals surface area contributed by atoms with Crippen LogP contribution in [0.15, 0.2) is 21.1 Å². The van der Waals surface area contributed by atoms with Crippen LogP contribution >= 0.6 is 31.9 Å². The average Bonchev–Trinajstić information content (AvgIpc) is 2.29. The first-order chi connectivity index (χ1) is 7.58. The highest BCUT2D eigenvalue weighted by Gasteiger charge is 2.09. The van der Waals surface area contributed by atoms with Crippen molar-refractivity contribution in [1.29, 1.82) is 0 Å². The Kier molecular flexibility index (Phi) is 5.54. The van der Waals surface area contributed by atoms with Gasteiger partial charge in [0.2, 0.25) is 0 Å². The molecule has 90 valence electrons. The minimum Gasteiger partial charge on any atom is -0.496 e. The molecule has 1 rings (SSSR count). The van der Waals surface area contributed by atoms with Crippen LogP contribution in [0.1, 0.15) is 0 Å². The van der Waals surface area contributed by atoms with E-state index in [2.05, 4.69) is 31.9 Å². The fourth-order valence-electron chi connectivity index (χ4n) is 1.03. The first-order valence-corrected chi connectivity index (χ1v) is 6.21. The molecule has 0 bridgehead atoms. The van der Waals surface area contributed by atoms with Gasteiger partial charge in [0.1, 0.15) is 24.2 Å². The lowest BCUT2D eigenvalue weighted by atomic mass is 10.3. The Morgan fingerprint density at radius 2 is 1.88 bits per heavy atom. The van der Waals surface area contributed by atoms with Crippen LogP contribution in [-0.2, 0) is 0 Å². The van der Waals surface area contributed by atoms with Crippen molar-refractivity contribution in [3.05, 3.63) is 21.1 Å². The van der Waals surface area contributed by atoms with Gasteiger partial charge in [0, 0.05) is 6.54 Å². The molecule has 4 nitrogen and oxygen atoms in total. The Balaban J connectivity index is 2.77. The Morgan fingerprint density at radius 1 is 1.31 bits per heavy atom. The third-order valence-electron chi connectivity index (χ3n) is 1.91. The van der Waals surface area contributed by atoms with Gasteiger partial charge in [0.05, 0.1) is 16.1 Å². The van der Waals surface area contributed by atoms with E-state index in [1.165, 1.54) is 0 Å². The normalized spacial score (nSPS) is 12.3. The van der Waals surface area contributed by atoms with Crippen LogP contribution in [0.5, 0.6) is 11.5 Å². The smallest absolute Gasteiger partial charge is 0.135 e. The number of aliphatic hydroxyl groups is 1. The molecular weight excluding hydrogens is 342 g/mol. The number of hydrogen-bond donors (Lipinski definition) is 2. The van der Waals surface area contributed by atoms with Crippen molar-refractivity contribution < 1.29 is 14.6 Å². The van der Waals surface area contributed by atoms with E-state index in [-0.39, 0.29) is 13.2 Å². The third kappa shape index (κ3) is 3.62. The summed E-state index contributed by atoms with van der Waals surface area (Å²) in [6.45, 7) is 0.336. The van der Waals surface area contributed by atoms with Crippen LogP contribution in [0.2, 0.25) is 0 Å². The van der Waals surface area contributed by atoms with Crippen molar-refractivity contribution >= 4 is 31.9 Å². The zero-order valence-corrected chi connectivity index (χ0v) is 11.9. The van der Waals surface area contributed by atoms with Crippen LogP contribution in [-0.4, -0.2) is 31.5 Å². The van der Waals surface area contributed by atoms with Crippen molar-refractivity contribution in [1.82, 2.24) is 0 Å². The second-order valence-electron chi connectivity index (χ2n) is 3.12. The zero-order chi connectivity index (χ0) is 12.1. The minimum atomic E-state index is -0.659. The fourth-order valence-corrected chi connectivity index (χ4v) is 1.95. The summed E-state index contributed by atoms with van der Waals surface area (Å²) in [5.74, 6) is 1.33. The standard InChI is InChI=1S/C10H13Br2NO3/c1-15-9-2-8(12)10(3-7(9)11)16-5-6(14)4-13/h2-3,6,14H,4-5,13H2,1H3. The van der Waals surface area contributed by atoms with Crippen LogP contribution in [0, 0.1) is 0 Å². The molecule has 16 heavy (non-hydrogen) atoms. The van der Waals surface area contributed by atoms with E-state index in [0.29, 0.717) is 11.5 Å². The summed E-state index contributed by atoms with van der Waals surface area (Å²) in [5, 5.41) is 9.28. The fraction of sp³-hybridized carbons (Fsp3) is 0.400. The molecule has 1 atom stereocenters. The number of aliphatic hydroxyl groups excluding tert-OH is 1. The van der Waals surface area contributed by atoms with E-state index >= 15 is 0 Å². The molecule has 0 amide bonds. The lowest BCUT2D eigenvalue weighted by molar-refractivity contribution is 0.113. The molecule has 6 heteroatoms. The van der Waals surface area contributed by atoms with Gasteiger partial charge in [-0.15, -0.1) is 0 Å². The van der Waals surface area contributed by atoms with E-state index in [1.807, 2.05) is 0 Å². The van der Waals surface area contributed by atoms with Crippen LogP contribution in [0.3, 0.4) is 0 Å². The molecule has 0 aromatic heterocycles. The van der Waals surface area contributed by atoms with E-state index in [0.717, 1.165) is 8.95 Å². The molecule has 0 aliphatic heterocycles. The molecule has 0 aliphatic rings. The summed E-state index contributed by atoms with van der Waals surface area (Å²) in [6.07, 6.45) is -0.659. The number of nitrogens with two attached hydrogens (primary N) is 1. The number of rotatable bonds is 5. The molecule has 1 aromatic carbocycles. The van der Waals surface area contributed by atoms with Gasteiger partial charge in [-0.25, -0.2) is 0 Å². The van der Waals surface area contributed by atoms with Crippen molar-refractivity contribution in [3.63, 3.8) is 0 Å². The SMILES string of the molecule is COc1cc(Br)c(OCC(O)CN)cc1Br. The number of halogens is 2. The van der Waals surface area contributed by atoms with Gasteiger partial charge in [0.15, 0.2) is 0 Å². The van der Waals surface area contributed by atoms with Crippen molar-refractivity contribution in [2.75, 3.05) is 20.3 Å². The maximum absolute atomic E-state index is 9.28. The van der Waals surface area contributed by atoms with Gasteiger partial charge in [-0.3, -0.25) is 0 Å². The van der Waals surface area contributed by atoms with Crippen LogP contribution in [0.4, 0.5) is 0 Å². The molecule has 3 N–H and O–H groups in total. The first kappa shape index (κ1) is 13.8. The molecule has 0 heterocycles. The number of benzene rings is 1. The zero-order valence-electron chi connectivity index (χ0n) is 8.74. The Hall–Kier alpha value is -0.300. The van der Waals surface area contributed by atoms with E-state index < -0.39 is 6.10 Å². The van der Waals surface area contributed by atoms with E-state index in [1.54, 1.807) is 19.2 Å². The highest BCUT2D eigenvalue weighted by Crippen LogP contribution is 2.35. The molecule has 1 unspecified atom stereocenters. The second-order valence-corrected chi connectivity index (χ2v) is 4.83. The minimum absolute atomic E-state index is 0.161. The molecule has 0 saturated heterocycles. The highest BCUT2D eigenvalue weighted by atomic mass is 79.9. The van der Waals surface area contributed by atoms with Gasteiger partial charge >= 0.3 is 0 Å². The predicted octanol–water partition coefficient (Wildman–Crippen LogP) is 1.92. The maximum Gasteiger partial charge on any atom is 0.135 e. The van der Waals surface area contributed by atoms with E-state index in [4.69, 9.17) is 15.2 Å². The summed E-state index contributed by atoms with van der Waals surface area (Å²) in [4.78, 5) is 0. The van der Waals surface area contributed by atoms with Gasteiger partial charge in [-0.05, 0) is 44.0 Å². The van der Waals surface area contributed by atoms with Crippen LogP contribution < -0.4 is 15.2 Å². The molecular formula is C10H13Br2NO3. The summed E-state index contributed by atoms with van der Waals surface area (Å²) < 4.78 is 12.1. The van der Waals surface area contributed by atoms with Crippen LogP contribution in [0.25, 0.3) is 0 Å². The lowest BCUT2D eigenvalue weighted by Crippen LogP contribution is -2.26. The monoisotopic (exact) mass is 353 g/mol. The number of ether oxygens (including phenoxy) is 2. The average molecular weight is 355 g/mol. The predicted molar refractivity (Wildman–Crippen MR) is 69.0 cm³/mol.